The van der Waals surface area contributed by atoms with Gasteiger partial charge in [-0.05, 0) is 30.5 Å². The number of hydrogen-bond donors (Lipinski definition) is 0. The summed E-state index contributed by atoms with van der Waals surface area (Å²) in [6.45, 7) is 0. The van der Waals surface area contributed by atoms with Gasteiger partial charge in [0.2, 0.25) is 0 Å². The van der Waals surface area contributed by atoms with E-state index in [2.05, 4.69) is 15.9 Å². The summed E-state index contributed by atoms with van der Waals surface area (Å²) in [4.78, 5) is 10.1. The van der Waals surface area contributed by atoms with Crippen molar-refractivity contribution in [1.29, 1.82) is 0 Å². The van der Waals surface area contributed by atoms with Crippen molar-refractivity contribution in [3.05, 3.63) is 33.3 Å². The first-order valence-corrected chi connectivity index (χ1v) is 5.29. The standard InChI is InChI=1S/C10H10BrClO/c11-9-5-3-6-10(12)8(9)4-1-2-7-13/h3,5-7H,1-2,4H2. The summed E-state index contributed by atoms with van der Waals surface area (Å²) in [7, 11) is 0. The molecule has 1 rings (SSSR count). The molecule has 0 N–H and O–H groups in total. The minimum Gasteiger partial charge on any atom is -0.303 e. The maximum Gasteiger partial charge on any atom is 0.120 e. The molecule has 0 amide bonds. The molecule has 1 aromatic rings. The molecule has 0 aromatic heterocycles. The van der Waals surface area contributed by atoms with Crippen LogP contribution in [0.4, 0.5) is 0 Å². The summed E-state index contributed by atoms with van der Waals surface area (Å²) in [5.41, 5.74) is 1.09. The van der Waals surface area contributed by atoms with Gasteiger partial charge in [-0.15, -0.1) is 0 Å². The predicted molar refractivity (Wildman–Crippen MR) is 58.2 cm³/mol. The molecule has 0 unspecified atom stereocenters. The molecule has 0 bridgehead atoms. The molecular formula is C10H10BrClO. The molecule has 0 heterocycles. The van der Waals surface area contributed by atoms with Crippen molar-refractivity contribution >= 4 is 33.8 Å². The number of carbonyl (C=O) groups is 1. The first kappa shape index (κ1) is 10.7. The SMILES string of the molecule is O=CCCCc1c(Cl)cccc1Br. The van der Waals surface area contributed by atoms with Crippen LogP contribution in [0.25, 0.3) is 0 Å². The summed E-state index contributed by atoms with van der Waals surface area (Å²) in [5.74, 6) is 0. The van der Waals surface area contributed by atoms with Gasteiger partial charge in [0, 0.05) is 15.9 Å². The highest BCUT2D eigenvalue weighted by Gasteiger charge is 2.03. The summed E-state index contributed by atoms with van der Waals surface area (Å²) in [5, 5.41) is 0.764. The average molecular weight is 262 g/mol. The van der Waals surface area contributed by atoms with Gasteiger partial charge in [0.05, 0.1) is 0 Å². The summed E-state index contributed by atoms with van der Waals surface area (Å²) in [6, 6.07) is 5.72. The van der Waals surface area contributed by atoms with Gasteiger partial charge in [0.1, 0.15) is 6.29 Å². The molecule has 3 heteroatoms. The number of aldehydes is 1. The van der Waals surface area contributed by atoms with E-state index < -0.39 is 0 Å². The minimum absolute atomic E-state index is 0.595. The van der Waals surface area contributed by atoms with Gasteiger partial charge in [0.15, 0.2) is 0 Å². The second kappa shape index (κ2) is 5.40. The fraction of sp³-hybridized carbons (Fsp3) is 0.300. The van der Waals surface area contributed by atoms with Crippen molar-refractivity contribution in [3.63, 3.8) is 0 Å². The number of unbranched alkanes of at least 4 members (excludes halogenated alkanes) is 1. The zero-order valence-corrected chi connectivity index (χ0v) is 9.44. The third kappa shape index (κ3) is 3.12. The Morgan fingerprint density at radius 1 is 1.46 bits per heavy atom. The molecule has 0 saturated carbocycles. The third-order valence-electron chi connectivity index (χ3n) is 1.81. The van der Waals surface area contributed by atoms with E-state index in [-0.39, 0.29) is 0 Å². The number of halogens is 2. The topological polar surface area (TPSA) is 17.1 Å². The van der Waals surface area contributed by atoms with Gasteiger partial charge >= 0.3 is 0 Å². The first-order chi connectivity index (χ1) is 6.25. The molecule has 0 atom stereocenters. The largest absolute Gasteiger partial charge is 0.303 e. The Balaban J connectivity index is 2.69. The van der Waals surface area contributed by atoms with Gasteiger partial charge in [-0.25, -0.2) is 0 Å². The van der Waals surface area contributed by atoms with Crippen LogP contribution in [0.15, 0.2) is 22.7 Å². The Labute approximate surface area is 91.2 Å². The zero-order chi connectivity index (χ0) is 9.68. The lowest BCUT2D eigenvalue weighted by atomic mass is 10.1. The van der Waals surface area contributed by atoms with Crippen LogP contribution in [0, 0.1) is 0 Å². The van der Waals surface area contributed by atoms with E-state index >= 15 is 0 Å². The second-order valence-electron chi connectivity index (χ2n) is 2.76. The van der Waals surface area contributed by atoms with Crippen LogP contribution in [0.2, 0.25) is 5.02 Å². The Morgan fingerprint density at radius 2 is 2.23 bits per heavy atom. The lowest BCUT2D eigenvalue weighted by Gasteiger charge is -2.04. The van der Waals surface area contributed by atoms with E-state index in [1.54, 1.807) is 0 Å². The van der Waals surface area contributed by atoms with Crippen molar-refractivity contribution < 1.29 is 4.79 Å². The number of hydrogen-bond acceptors (Lipinski definition) is 1. The Bertz CT molecular complexity index is 279. The van der Waals surface area contributed by atoms with E-state index in [9.17, 15) is 4.79 Å². The highest BCUT2D eigenvalue weighted by molar-refractivity contribution is 9.10. The van der Waals surface area contributed by atoms with E-state index in [1.807, 2.05) is 18.2 Å². The molecule has 1 nitrogen and oxygen atoms in total. The minimum atomic E-state index is 0.595. The van der Waals surface area contributed by atoms with Gasteiger partial charge in [-0.2, -0.15) is 0 Å². The summed E-state index contributed by atoms with van der Waals surface area (Å²) < 4.78 is 1.02. The van der Waals surface area contributed by atoms with Gasteiger partial charge < -0.3 is 4.79 Å². The lowest BCUT2D eigenvalue weighted by Crippen LogP contribution is -1.89. The van der Waals surface area contributed by atoms with Crippen molar-refractivity contribution in [2.24, 2.45) is 0 Å². The van der Waals surface area contributed by atoms with Crippen molar-refractivity contribution in [2.75, 3.05) is 0 Å². The van der Waals surface area contributed by atoms with Crippen LogP contribution in [0.5, 0.6) is 0 Å². The number of benzene rings is 1. The quantitative estimate of drug-likeness (QED) is 0.597. The number of rotatable bonds is 4. The lowest BCUT2D eigenvalue weighted by molar-refractivity contribution is -0.107. The first-order valence-electron chi connectivity index (χ1n) is 4.12. The maximum atomic E-state index is 10.1. The van der Waals surface area contributed by atoms with Crippen molar-refractivity contribution in [1.82, 2.24) is 0 Å². The van der Waals surface area contributed by atoms with Crippen LogP contribution in [-0.2, 0) is 11.2 Å². The van der Waals surface area contributed by atoms with Gasteiger partial charge in [-0.3, -0.25) is 0 Å². The Kier molecular flexibility index (Phi) is 4.46. The van der Waals surface area contributed by atoms with Crippen molar-refractivity contribution in [2.45, 2.75) is 19.3 Å². The number of carbonyl (C=O) groups excluding carboxylic acids is 1. The summed E-state index contributed by atoms with van der Waals surface area (Å²) >= 11 is 9.42. The molecule has 13 heavy (non-hydrogen) atoms. The van der Waals surface area contributed by atoms with E-state index in [0.717, 1.165) is 34.2 Å². The predicted octanol–water partition coefficient (Wildman–Crippen LogP) is 3.62. The van der Waals surface area contributed by atoms with Crippen LogP contribution in [-0.4, -0.2) is 6.29 Å². The van der Waals surface area contributed by atoms with Crippen LogP contribution in [0.1, 0.15) is 18.4 Å². The highest BCUT2D eigenvalue weighted by Crippen LogP contribution is 2.25. The second-order valence-corrected chi connectivity index (χ2v) is 4.02. The maximum absolute atomic E-state index is 10.1. The van der Waals surface area contributed by atoms with Crippen LogP contribution in [0.3, 0.4) is 0 Å². The summed E-state index contributed by atoms with van der Waals surface area (Å²) in [6.07, 6.45) is 3.23. The molecule has 1 aromatic carbocycles. The molecule has 0 aliphatic rings. The zero-order valence-electron chi connectivity index (χ0n) is 7.09. The molecule has 0 radical (unpaired) electrons. The Morgan fingerprint density at radius 3 is 2.85 bits per heavy atom. The molecular weight excluding hydrogens is 251 g/mol. The van der Waals surface area contributed by atoms with Gasteiger partial charge in [-0.1, -0.05) is 33.6 Å². The molecule has 0 aliphatic carbocycles. The fourth-order valence-corrected chi connectivity index (χ4v) is 2.08. The third-order valence-corrected chi connectivity index (χ3v) is 2.91. The smallest absolute Gasteiger partial charge is 0.120 e. The van der Waals surface area contributed by atoms with Crippen molar-refractivity contribution in [3.8, 4) is 0 Å². The van der Waals surface area contributed by atoms with Crippen LogP contribution >= 0.6 is 27.5 Å². The van der Waals surface area contributed by atoms with Gasteiger partial charge in [0.25, 0.3) is 0 Å². The normalized spacial score (nSPS) is 10.0. The van der Waals surface area contributed by atoms with Crippen LogP contribution < -0.4 is 0 Å². The molecule has 0 spiro atoms. The van der Waals surface area contributed by atoms with E-state index in [0.29, 0.717) is 6.42 Å². The van der Waals surface area contributed by atoms with E-state index in [1.165, 1.54) is 0 Å². The Hall–Kier alpha value is -0.340. The van der Waals surface area contributed by atoms with E-state index in [4.69, 9.17) is 11.6 Å². The monoisotopic (exact) mass is 260 g/mol. The molecule has 70 valence electrons. The molecule has 0 saturated heterocycles. The average Bonchev–Trinajstić information content (AvgIpc) is 2.10. The highest BCUT2D eigenvalue weighted by atomic mass is 79.9. The fourth-order valence-electron chi connectivity index (χ4n) is 1.13. The molecule has 0 aliphatic heterocycles. The molecule has 0 fully saturated rings.